The van der Waals surface area contributed by atoms with E-state index in [9.17, 15) is 24.9 Å². The van der Waals surface area contributed by atoms with Gasteiger partial charge in [-0.3, -0.25) is 14.3 Å². The highest BCUT2D eigenvalue weighted by molar-refractivity contribution is 6.07. The fraction of sp³-hybridized carbons (Fsp3) is 0.294. The maximum Gasteiger partial charge on any atom is 0.264 e. The molecule has 5 rings (SSSR count). The van der Waals surface area contributed by atoms with Gasteiger partial charge < -0.3 is 25.5 Å². The van der Waals surface area contributed by atoms with Gasteiger partial charge in [0.2, 0.25) is 0 Å². The van der Waals surface area contributed by atoms with Crippen LogP contribution in [0.1, 0.15) is 48.6 Å². The van der Waals surface area contributed by atoms with E-state index in [1.165, 1.54) is 6.92 Å². The van der Waals surface area contributed by atoms with Gasteiger partial charge in [0.05, 0.1) is 30.5 Å². The number of anilines is 2. The molecule has 2 amide bonds. The van der Waals surface area contributed by atoms with E-state index < -0.39 is 29.4 Å². The molecule has 0 saturated heterocycles. The Morgan fingerprint density at radius 1 is 1.05 bits per heavy atom. The first-order valence-corrected chi connectivity index (χ1v) is 14.7. The van der Waals surface area contributed by atoms with Gasteiger partial charge in [-0.1, -0.05) is 85.0 Å². The van der Waals surface area contributed by atoms with E-state index in [0.29, 0.717) is 35.6 Å². The molecule has 0 aliphatic carbocycles. The number of allylic oxidation sites excluding steroid dienone is 1. The molecule has 1 aromatic heterocycles. The van der Waals surface area contributed by atoms with Crippen molar-refractivity contribution >= 4 is 23.2 Å². The first-order chi connectivity index (χ1) is 21.2. The van der Waals surface area contributed by atoms with Crippen LogP contribution in [0, 0.1) is 5.92 Å². The molecule has 4 aromatic rings. The van der Waals surface area contributed by atoms with Crippen molar-refractivity contribution < 1.29 is 24.9 Å². The third-order valence-electron chi connectivity index (χ3n) is 8.00. The minimum Gasteiger partial charge on any atom is -0.395 e. The molecule has 10 nitrogen and oxygen atoms in total. The zero-order valence-corrected chi connectivity index (χ0v) is 24.7. The maximum absolute atomic E-state index is 13.8. The van der Waals surface area contributed by atoms with Crippen LogP contribution in [0.2, 0.25) is 0 Å². The van der Waals surface area contributed by atoms with Crippen LogP contribution < -0.4 is 10.2 Å². The number of nitrogens with zero attached hydrogens (tertiary/aromatic N) is 4. The second kappa shape index (κ2) is 13.3. The van der Waals surface area contributed by atoms with Crippen molar-refractivity contribution in [3.05, 3.63) is 120 Å². The SMILES string of the molecule is C[C@H](O)C(=O)Nc1cccc(CN2C(=O)[C@](O)([C@H](C)/C=C/CCn3cc(C(CO)c4ccccc4)nn3)c3ccccc32)c1. The second-order valence-corrected chi connectivity index (χ2v) is 11.1. The molecule has 1 unspecified atom stereocenters. The van der Waals surface area contributed by atoms with Gasteiger partial charge in [-0.25, -0.2) is 0 Å². The molecule has 0 radical (unpaired) electrons. The van der Waals surface area contributed by atoms with Crippen LogP contribution >= 0.6 is 0 Å². The number of para-hydroxylation sites is 1. The van der Waals surface area contributed by atoms with Crippen LogP contribution in [0.15, 0.2) is 97.2 Å². The number of aliphatic hydroxyl groups excluding tert-OH is 2. The lowest BCUT2D eigenvalue weighted by atomic mass is 9.83. The number of carbonyl (C=O) groups is 2. The molecule has 2 heterocycles. The highest BCUT2D eigenvalue weighted by atomic mass is 16.3. The molecule has 4 N–H and O–H groups in total. The summed E-state index contributed by atoms with van der Waals surface area (Å²) in [5.74, 6) is -1.73. The summed E-state index contributed by atoms with van der Waals surface area (Å²) in [6.07, 6.45) is 5.06. The third-order valence-corrected chi connectivity index (χ3v) is 8.00. The number of nitrogens with one attached hydrogen (secondary N) is 1. The highest BCUT2D eigenvalue weighted by Gasteiger charge is 2.52. The predicted molar refractivity (Wildman–Crippen MR) is 167 cm³/mol. The van der Waals surface area contributed by atoms with Gasteiger partial charge >= 0.3 is 0 Å². The summed E-state index contributed by atoms with van der Waals surface area (Å²) >= 11 is 0. The van der Waals surface area contributed by atoms with E-state index in [0.717, 1.165) is 11.1 Å². The number of aryl methyl sites for hydroxylation is 1. The normalized spacial score (nSPS) is 18.3. The van der Waals surface area contributed by atoms with Gasteiger partial charge in [0.1, 0.15) is 6.10 Å². The summed E-state index contributed by atoms with van der Waals surface area (Å²) in [6, 6.07) is 24.0. The Labute approximate surface area is 256 Å². The zero-order chi connectivity index (χ0) is 31.3. The van der Waals surface area contributed by atoms with Gasteiger partial charge in [0.25, 0.3) is 11.8 Å². The fourth-order valence-electron chi connectivity index (χ4n) is 5.52. The van der Waals surface area contributed by atoms with E-state index in [1.807, 2.05) is 73.8 Å². The average Bonchev–Trinajstić information content (AvgIpc) is 3.58. The van der Waals surface area contributed by atoms with Crippen molar-refractivity contribution in [1.82, 2.24) is 15.0 Å². The van der Waals surface area contributed by atoms with Crippen molar-refractivity contribution in [1.29, 1.82) is 0 Å². The standard InChI is InChI=1S/C34H37N5O5/c1-23(11-8-9-18-38-21-30(36-37-38)28(22-40)26-13-4-3-5-14-26)34(44)29-16-6-7-17-31(29)39(33(34)43)20-25-12-10-15-27(19-25)35-32(42)24(2)41/h3-8,10-17,19,21,23-24,28,40-41,44H,9,18,20,22H2,1-2H3,(H,35,42)/b11-8+/t23-,24+,28?,34+/m1/s1. The maximum atomic E-state index is 13.8. The highest BCUT2D eigenvalue weighted by Crippen LogP contribution is 2.45. The lowest BCUT2D eigenvalue weighted by molar-refractivity contribution is -0.139. The Bertz CT molecular complexity index is 1640. The van der Waals surface area contributed by atoms with Crippen LogP contribution in [0.3, 0.4) is 0 Å². The minimum atomic E-state index is -1.75. The zero-order valence-electron chi connectivity index (χ0n) is 24.7. The molecule has 0 fully saturated rings. The average molecular weight is 596 g/mol. The number of hydrogen-bond donors (Lipinski definition) is 4. The Balaban J connectivity index is 1.26. The number of carbonyl (C=O) groups excluding carboxylic acids is 2. The molecular formula is C34H37N5O5. The van der Waals surface area contributed by atoms with Crippen LogP contribution in [-0.4, -0.2) is 54.8 Å². The molecular weight excluding hydrogens is 558 g/mol. The Morgan fingerprint density at radius 2 is 1.80 bits per heavy atom. The monoisotopic (exact) mass is 595 g/mol. The van der Waals surface area contributed by atoms with E-state index in [-0.39, 0.29) is 19.1 Å². The Kier molecular flexibility index (Phi) is 9.34. The summed E-state index contributed by atoms with van der Waals surface area (Å²) < 4.78 is 1.72. The number of aromatic nitrogens is 3. The first-order valence-electron chi connectivity index (χ1n) is 14.7. The molecule has 4 atom stereocenters. The first kappa shape index (κ1) is 30.8. The molecule has 44 heavy (non-hydrogen) atoms. The van der Waals surface area contributed by atoms with E-state index in [2.05, 4.69) is 15.6 Å². The van der Waals surface area contributed by atoms with Crippen LogP contribution in [0.25, 0.3) is 0 Å². The van der Waals surface area contributed by atoms with E-state index >= 15 is 0 Å². The number of amides is 2. The molecule has 0 bridgehead atoms. The lowest BCUT2D eigenvalue weighted by Gasteiger charge is -2.27. The molecule has 0 saturated carbocycles. The largest absolute Gasteiger partial charge is 0.395 e. The smallest absolute Gasteiger partial charge is 0.264 e. The number of aliphatic hydroxyl groups is 3. The van der Waals surface area contributed by atoms with E-state index in [4.69, 9.17) is 0 Å². The van der Waals surface area contributed by atoms with Crippen molar-refractivity contribution in [3.63, 3.8) is 0 Å². The fourth-order valence-corrected chi connectivity index (χ4v) is 5.52. The van der Waals surface area contributed by atoms with Crippen LogP contribution in [0.5, 0.6) is 0 Å². The Morgan fingerprint density at radius 3 is 2.55 bits per heavy atom. The van der Waals surface area contributed by atoms with Crippen molar-refractivity contribution in [2.24, 2.45) is 5.92 Å². The topological polar surface area (TPSA) is 141 Å². The van der Waals surface area contributed by atoms with Gasteiger partial charge in [-0.05, 0) is 42.7 Å². The molecule has 228 valence electrons. The Hall–Kier alpha value is -4.64. The molecule has 1 aliphatic heterocycles. The van der Waals surface area contributed by atoms with Crippen LogP contribution in [0.4, 0.5) is 11.4 Å². The molecule has 0 spiro atoms. The minimum absolute atomic E-state index is 0.0732. The summed E-state index contributed by atoms with van der Waals surface area (Å²) in [5.41, 5.74) is 2.33. The third kappa shape index (κ3) is 6.33. The van der Waals surface area contributed by atoms with Crippen molar-refractivity contribution in [2.75, 3.05) is 16.8 Å². The van der Waals surface area contributed by atoms with E-state index in [1.54, 1.807) is 39.9 Å². The number of hydrogen-bond acceptors (Lipinski definition) is 7. The van der Waals surface area contributed by atoms with Crippen molar-refractivity contribution in [3.8, 4) is 0 Å². The van der Waals surface area contributed by atoms with Gasteiger partial charge in [-0.2, -0.15) is 0 Å². The number of fused-ring (bicyclic) bond motifs is 1. The quantitative estimate of drug-likeness (QED) is 0.183. The second-order valence-electron chi connectivity index (χ2n) is 11.1. The number of benzene rings is 3. The number of rotatable bonds is 12. The van der Waals surface area contributed by atoms with Gasteiger partial charge in [-0.15, -0.1) is 5.10 Å². The predicted octanol–water partition coefficient (Wildman–Crippen LogP) is 3.74. The molecule has 1 aliphatic rings. The summed E-state index contributed by atoms with van der Waals surface area (Å²) in [7, 11) is 0. The lowest BCUT2D eigenvalue weighted by Crippen LogP contribution is -2.44. The van der Waals surface area contributed by atoms with Crippen LogP contribution in [-0.2, 0) is 28.3 Å². The van der Waals surface area contributed by atoms with Gasteiger partial charge in [0.15, 0.2) is 5.60 Å². The summed E-state index contributed by atoms with van der Waals surface area (Å²) in [4.78, 5) is 27.4. The molecule has 3 aromatic carbocycles. The summed E-state index contributed by atoms with van der Waals surface area (Å²) in [5, 5.41) is 42.5. The molecule has 10 heteroatoms. The summed E-state index contributed by atoms with van der Waals surface area (Å²) in [6.45, 7) is 3.87. The van der Waals surface area contributed by atoms with Crippen molar-refractivity contribution in [2.45, 2.75) is 51.0 Å². The van der Waals surface area contributed by atoms with Gasteiger partial charge in [0, 0.05) is 29.9 Å².